The molecule has 0 aliphatic heterocycles. The van der Waals surface area contributed by atoms with Crippen LogP contribution in [-0.4, -0.2) is 41.1 Å². The summed E-state index contributed by atoms with van der Waals surface area (Å²) in [5.41, 5.74) is 4.08. The average molecular weight is 563 g/mol. The van der Waals surface area contributed by atoms with E-state index in [4.69, 9.17) is 0 Å². The third-order valence-corrected chi connectivity index (χ3v) is 6.19. The van der Waals surface area contributed by atoms with Crippen molar-refractivity contribution < 1.29 is 27.5 Å². The summed E-state index contributed by atoms with van der Waals surface area (Å²) < 4.78 is 43.2. The van der Waals surface area contributed by atoms with Crippen LogP contribution in [0.1, 0.15) is 33.6 Å². The maximum Gasteiger partial charge on any atom is 0.427 e. The lowest BCUT2D eigenvalue weighted by Gasteiger charge is -2.15. The normalized spacial score (nSPS) is 11.1. The van der Waals surface area contributed by atoms with E-state index >= 15 is 0 Å². The fourth-order valence-corrected chi connectivity index (χ4v) is 4.20. The predicted molar refractivity (Wildman–Crippen MR) is 148 cm³/mol. The minimum atomic E-state index is -3.90. The molecule has 0 saturated heterocycles. The van der Waals surface area contributed by atoms with Gasteiger partial charge in [0.15, 0.2) is 6.67 Å². The number of nitrogens with one attached hydrogen (secondary N) is 2. The predicted octanol–water partition coefficient (Wildman–Crippen LogP) is 5.31. The Hall–Kier alpha value is -4.73. The summed E-state index contributed by atoms with van der Waals surface area (Å²) in [6.07, 6.45) is 2.11. The van der Waals surface area contributed by atoms with Crippen LogP contribution in [0.5, 0.6) is 5.75 Å². The molecule has 0 bridgehead atoms. The first-order valence-corrected chi connectivity index (χ1v) is 13.0. The lowest BCUT2D eigenvalue weighted by Crippen LogP contribution is -2.27. The standard InChI is InChI=1S/C31H29F3N4O3/c32-21-31(33,34)41-25-9-3-6-22(18-25)12-13-28(39)38-20-24-8-1-2-10-26(24)27-11-5-16-36-29(27)30(40)37-17-14-23-7-4-15-35-19-23/h1-11,15-16,18-19H,12-14,17,20-21H2,(H,37,40)(H,38,39). The number of amides is 2. The zero-order chi connectivity index (χ0) is 29.1. The molecule has 212 valence electrons. The van der Waals surface area contributed by atoms with E-state index in [1.165, 1.54) is 18.2 Å². The van der Waals surface area contributed by atoms with Crippen molar-refractivity contribution in [3.63, 3.8) is 0 Å². The van der Waals surface area contributed by atoms with Crippen LogP contribution < -0.4 is 15.4 Å². The zero-order valence-corrected chi connectivity index (χ0v) is 22.2. The molecule has 2 N–H and O–H groups in total. The van der Waals surface area contributed by atoms with Gasteiger partial charge in [-0.25, -0.2) is 4.39 Å². The van der Waals surface area contributed by atoms with E-state index < -0.39 is 12.8 Å². The molecule has 0 atom stereocenters. The largest absolute Gasteiger partial charge is 0.431 e. The Morgan fingerprint density at radius 3 is 2.44 bits per heavy atom. The van der Waals surface area contributed by atoms with E-state index in [1.54, 1.807) is 30.7 Å². The van der Waals surface area contributed by atoms with Crippen LogP contribution >= 0.6 is 0 Å². The number of hydrogen-bond donors (Lipinski definition) is 2. The molecule has 2 aromatic carbocycles. The Morgan fingerprint density at radius 2 is 1.63 bits per heavy atom. The first-order chi connectivity index (χ1) is 19.8. The second-order valence-electron chi connectivity index (χ2n) is 9.22. The molecule has 0 aliphatic rings. The van der Waals surface area contributed by atoms with Crippen LogP contribution in [-0.2, 0) is 24.2 Å². The van der Waals surface area contributed by atoms with Gasteiger partial charge in [0.1, 0.15) is 11.4 Å². The van der Waals surface area contributed by atoms with Crippen molar-refractivity contribution in [1.29, 1.82) is 0 Å². The van der Waals surface area contributed by atoms with Crippen LogP contribution in [0.15, 0.2) is 91.4 Å². The number of aryl methyl sites for hydroxylation is 1. The fourth-order valence-electron chi connectivity index (χ4n) is 4.20. The number of nitrogens with zero attached hydrogens (tertiary/aromatic N) is 2. The molecule has 0 aliphatic carbocycles. The summed E-state index contributed by atoms with van der Waals surface area (Å²) in [5.74, 6) is -0.730. The monoisotopic (exact) mass is 562 g/mol. The first-order valence-electron chi connectivity index (χ1n) is 13.0. The molecule has 10 heteroatoms. The van der Waals surface area contributed by atoms with Crippen molar-refractivity contribution in [2.75, 3.05) is 13.2 Å². The van der Waals surface area contributed by atoms with Gasteiger partial charge >= 0.3 is 6.11 Å². The van der Waals surface area contributed by atoms with Crippen molar-refractivity contribution in [2.45, 2.75) is 31.9 Å². The molecule has 0 fully saturated rings. The summed E-state index contributed by atoms with van der Waals surface area (Å²) in [6, 6.07) is 20.6. The number of carbonyl (C=O) groups is 2. The van der Waals surface area contributed by atoms with E-state index in [9.17, 15) is 22.8 Å². The van der Waals surface area contributed by atoms with Gasteiger partial charge in [0, 0.05) is 43.7 Å². The number of halogens is 3. The summed E-state index contributed by atoms with van der Waals surface area (Å²) in [4.78, 5) is 34.0. The van der Waals surface area contributed by atoms with Crippen molar-refractivity contribution in [2.24, 2.45) is 0 Å². The van der Waals surface area contributed by atoms with Crippen LogP contribution in [0.2, 0.25) is 0 Å². The van der Waals surface area contributed by atoms with Gasteiger partial charge in [-0.3, -0.25) is 19.6 Å². The van der Waals surface area contributed by atoms with E-state index in [-0.39, 0.29) is 42.6 Å². The third kappa shape index (κ3) is 8.63. The second kappa shape index (κ2) is 14.1. The number of benzene rings is 2. The minimum Gasteiger partial charge on any atom is -0.431 e. The molecule has 4 rings (SSSR count). The third-order valence-electron chi connectivity index (χ3n) is 6.19. The highest BCUT2D eigenvalue weighted by Gasteiger charge is 2.31. The van der Waals surface area contributed by atoms with Crippen molar-refractivity contribution in [3.05, 3.63) is 114 Å². The quantitative estimate of drug-likeness (QED) is 0.231. The van der Waals surface area contributed by atoms with Crippen LogP contribution in [0.4, 0.5) is 13.2 Å². The van der Waals surface area contributed by atoms with Gasteiger partial charge in [-0.15, -0.1) is 0 Å². The van der Waals surface area contributed by atoms with Crippen LogP contribution in [0.3, 0.4) is 0 Å². The molecule has 2 heterocycles. The van der Waals surface area contributed by atoms with Gasteiger partial charge in [0.05, 0.1) is 0 Å². The summed E-state index contributed by atoms with van der Waals surface area (Å²) in [7, 11) is 0. The van der Waals surface area contributed by atoms with Crippen LogP contribution in [0.25, 0.3) is 11.1 Å². The maximum absolute atomic E-state index is 13.2. The maximum atomic E-state index is 13.2. The Morgan fingerprint density at radius 1 is 0.854 bits per heavy atom. The number of alkyl halides is 3. The number of hydrogen-bond acceptors (Lipinski definition) is 5. The minimum absolute atomic E-state index is 0.0998. The highest BCUT2D eigenvalue weighted by molar-refractivity contribution is 5.99. The van der Waals surface area contributed by atoms with E-state index in [2.05, 4.69) is 25.3 Å². The van der Waals surface area contributed by atoms with Gasteiger partial charge in [-0.2, -0.15) is 8.78 Å². The van der Waals surface area contributed by atoms with Gasteiger partial charge < -0.3 is 15.4 Å². The van der Waals surface area contributed by atoms with E-state index in [0.717, 1.165) is 16.7 Å². The Kier molecular flexibility index (Phi) is 10.0. The number of carbonyl (C=O) groups excluding carboxylic acids is 2. The van der Waals surface area contributed by atoms with Crippen LogP contribution in [0, 0.1) is 0 Å². The SMILES string of the molecule is O=C(CCc1cccc(OC(F)(F)CF)c1)NCc1ccccc1-c1cccnc1C(=O)NCCc1cccnc1. The Bertz CT molecular complexity index is 1470. The molecule has 41 heavy (non-hydrogen) atoms. The van der Waals surface area contributed by atoms with E-state index in [0.29, 0.717) is 24.1 Å². The van der Waals surface area contributed by atoms with Gasteiger partial charge in [-0.1, -0.05) is 48.5 Å². The Balaban J connectivity index is 1.36. The summed E-state index contributed by atoms with van der Waals surface area (Å²) in [5, 5.41) is 5.79. The second-order valence-corrected chi connectivity index (χ2v) is 9.22. The lowest BCUT2D eigenvalue weighted by atomic mass is 9.97. The van der Waals surface area contributed by atoms with Gasteiger partial charge in [0.2, 0.25) is 5.91 Å². The number of ether oxygens (including phenoxy) is 1. The molecular formula is C31H29F3N4O3. The number of aromatic nitrogens is 2. The molecule has 4 aromatic rings. The molecule has 0 saturated carbocycles. The fraction of sp³-hybridized carbons (Fsp3) is 0.226. The molecule has 2 amide bonds. The zero-order valence-electron chi connectivity index (χ0n) is 22.2. The highest BCUT2D eigenvalue weighted by atomic mass is 19.3. The summed E-state index contributed by atoms with van der Waals surface area (Å²) >= 11 is 0. The first kappa shape index (κ1) is 29.3. The molecular weight excluding hydrogens is 533 g/mol. The highest BCUT2D eigenvalue weighted by Crippen LogP contribution is 2.27. The van der Waals surface area contributed by atoms with E-state index in [1.807, 2.05) is 42.5 Å². The van der Waals surface area contributed by atoms with Gasteiger partial charge in [0.25, 0.3) is 5.91 Å². The average Bonchev–Trinajstić information content (AvgIpc) is 2.99. The molecule has 0 spiro atoms. The van der Waals surface area contributed by atoms with Crippen molar-refractivity contribution in [3.8, 4) is 16.9 Å². The lowest BCUT2D eigenvalue weighted by molar-refractivity contribution is -0.186. The number of rotatable bonds is 13. The number of pyridine rings is 2. The molecule has 2 aromatic heterocycles. The smallest absolute Gasteiger partial charge is 0.427 e. The topological polar surface area (TPSA) is 93.2 Å². The summed E-state index contributed by atoms with van der Waals surface area (Å²) in [6.45, 7) is -1.30. The molecule has 7 nitrogen and oxygen atoms in total. The molecule has 0 radical (unpaired) electrons. The Labute approximate surface area is 235 Å². The molecule has 0 unspecified atom stereocenters. The van der Waals surface area contributed by atoms with Gasteiger partial charge in [-0.05, 0) is 59.4 Å². The van der Waals surface area contributed by atoms with Crippen molar-refractivity contribution in [1.82, 2.24) is 20.6 Å². The van der Waals surface area contributed by atoms with Crippen molar-refractivity contribution >= 4 is 11.8 Å².